The maximum atomic E-state index is 2.78. The van der Waals surface area contributed by atoms with Crippen molar-refractivity contribution in [2.24, 2.45) is 0 Å². The Morgan fingerprint density at radius 1 is 0.438 bits per heavy atom. The van der Waals surface area contributed by atoms with Gasteiger partial charge >= 0.3 is 6.85 Å². The minimum absolute atomic E-state index is 0.0647. The van der Waals surface area contributed by atoms with Crippen LogP contribution < -0.4 is 20.6 Å². The number of anilines is 5. The highest BCUT2D eigenvalue weighted by Crippen LogP contribution is 2.65. The minimum Gasteiger partial charge on any atom is -0.376 e. The molecule has 1 spiro atoms. The van der Waals surface area contributed by atoms with Gasteiger partial charge in [0.05, 0.1) is 11.1 Å². The molecule has 0 saturated carbocycles. The summed E-state index contributed by atoms with van der Waals surface area (Å²) in [6, 6.07) is 61.8. The normalized spacial score (nSPS) is 18.2. The molecule has 3 heterocycles. The third-order valence-corrected chi connectivity index (χ3v) is 16.9. The molecule has 0 atom stereocenters. The second-order valence-corrected chi connectivity index (χ2v) is 21.5. The number of nitrogens with zero attached hydrogens (tertiary/aromatic N) is 2. The van der Waals surface area contributed by atoms with E-state index < -0.39 is 5.41 Å². The Morgan fingerprint density at radius 2 is 1.05 bits per heavy atom. The van der Waals surface area contributed by atoms with E-state index in [0.717, 1.165) is 0 Å². The molecule has 6 aliphatic rings. The lowest BCUT2D eigenvalue weighted by molar-refractivity contribution is 0.332. The maximum Gasteiger partial charge on any atom is 0.333 e. The van der Waals surface area contributed by atoms with Crippen LogP contribution in [0.1, 0.15) is 104 Å². The molecule has 0 radical (unpaired) electrons. The Balaban J connectivity index is 1.14. The fourth-order valence-electron chi connectivity index (χ4n) is 13.9. The molecule has 2 nitrogen and oxygen atoms in total. The summed E-state index contributed by atoms with van der Waals surface area (Å²) < 4.78 is 0. The van der Waals surface area contributed by atoms with Gasteiger partial charge in [-0.25, -0.2) is 0 Å². The van der Waals surface area contributed by atoms with Crippen LogP contribution in [0, 0.1) is 6.92 Å². The highest BCUT2D eigenvalue weighted by molar-refractivity contribution is 6.93. The van der Waals surface area contributed by atoms with Gasteiger partial charge in [0.15, 0.2) is 0 Å². The Labute approximate surface area is 378 Å². The predicted molar refractivity (Wildman–Crippen MR) is 269 cm³/mol. The molecule has 3 heteroatoms. The molecule has 64 heavy (non-hydrogen) atoms. The van der Waals surface area contributed by atoms with E-state index in [1.165, 1.54) is 136 Å². The van der Waals surface area contributed by atoms with E-state index in [0.29, 0.717) is 0 Å². The van der Waals surface area contributed by atoms with Crippen molar-refractivity contribution in [3.05, 3.63) is 208 Å². The molecule has 0 unspecified atom stereocenters. The van der Waals surface area contributed by atoms with E-state index in [1.54, 1.807) is 0 Å². The average Bonchev–Trinajstić information content (AvgIpc) is 3.73. The van der Waals surface area contributed by atoms with Crippen LogP contribution in [0.15, 0.2) is 158 Å². The van der Waals surface area contributed by atoms with Gasteiger partial charge in [0.2, 0.25) is 0 Å². The molecule has 0 saturated heterocycles. The van der Waals surface area contributed by atoms with Crippen molar-refractivity contribution in [1.29, 1.82) is 0 Å². The number of para-hydroxylation sites is 2. The van der Waals surface area contributed by atoms with E-state index in [9.17, 15) is 0 Å². The van der Waals surface area contributed by atoms with Gasteiger partial charge in [0, 0.05) is 33.7 Å². The quantitative estimate of drug-likeness (QED) is 0.152. The fraction of sp³-hybridized carbons (Fsp3) is 0.213. The second kappa shape index (κ2) is 12.0. The van der Waals surface area contributed by atoms with Gasteiger partial charge in [0.1, 0.15) is 0 Å². The number of fused-ring (bicyclic) bond motifs is 18. The fourth-order valence-corrected chi connectivity index (χ4v) is 13.9. The van der Waals surface area contributed by atoms with Crippen LogP contribution >= 0.6 is 0 Å². The molecule has 0 amide bonds. The molecular formula is C61H51BN2. The van der Waals surface area contributed by atoms with E-state index in [-0.39, 0.29) is 23.1 Å². The summed E-state index contributed by atoms with van der Waals surface area (Å²) in [4.78, 5) is 5.46. The van der Waals surface area contributed by atoms with Crippen LogP contribution in [0.3, 0.4) is 0 Å². The Morgan fingerprint density at radius 3 is 1.78 bits per heavy atom. The van der Waals surface area contributed by atoms with Crippen LogP contribution in [0.2, 0.25) is 0 Å². The summed E-state index contributed by atoms with van der Waals surface area (Å²) in [6.45, 7) is 16.9. The van der Waals surface area contributed by atoms with Crippen molar-refractivity contribution in [2.45, 2.75) is 83.0 Å². The number of hydrogen-bond acceptors (Lipinski definition) is 2. The molecule has 0 aromatic heterocycles. The van der Waals surface area contributed by atoms with E-state index in [2.05, 4.69) is 216 Å². The van der Waals surface area contributed by atoms with Crippen LogP contribution in [0.5, 0.6) is 0 Å². The smallest absolute Gasteiger partial charge is 0.333 e. The number of benzene rings is 8. The van der Waals surface area contributed by atoms with Crippen molar-refractivity contribution < 1.29 is 0 Å². The summed E-state index contributed by atoms with van der Waals surface area (Å²) in [5.74, 6) is 0. The first kappa shape index (κ1) is 36.9. The number of aryl methyl sites for hydroxylation is 1. The van der Waals surface area contributed by atoms with Crippen molar-refractivity contribution in [1.82, 2.24) is 0 Å². The van der Waals surface area contributed by atoms with Crippen LogP contribution in [0.25, 0.3) is 33.4 Å². The monoisotopic (exact) mass is 822 g/mol. The molecule has 308 valence electrons. The largest absolute Gasteiger partial charge is 0.376 e. The summed E-state index contributed by atoms with van der Waals surface area (Å²) in [5, 5.41) is 0. The van der Waals surface area contributed by atoms with Crippen molar-refractivity contribution >= 4 is 46.2 Å². The van der Waals surface area contributed by atoms with E-state index in [4.69, 9.17) is 0 Å². The maximum absolute atomic E-state index is 2.78. The third kappa shape index (κ3) is 4.26. The zero-order valence-electron chi connectivity index (χ0n) is 37.9. The molecule has 0 bridgehead atoms. The highest BCUT2D eigenvalue weighted by Gasteiger charge is 2.56. The molecule has 0 N–H and O–H groups in total. The zero-order chi connectivity index (χ0) is 43.2. The van der Waals surface area contributed by atoms with Gasteiger partial charge in [-0.2, -0.15) is 0 Å². The number of rotatable bonds is 1. The lowest BCUT2D eigenvalue weighted by Gasteiger charge is -2.52. The lowest BCUT2D eigenvalue weighted by Crippen LogP contribution is -2.62. The average molecular weight is 823 g/mol. The molecule has 8 aromatic rings. The van der Waals surface area contributed by atoms with Gasteiger partial charge in [0.25, 0.3) is 0 Å². The molecule has 0 fully saturated rings. The van der Waals surface area contributed by atoms with Crippen LogP contribution in [-0.4, -0.2) is 6.85 Å². The standard InChI is InChI=1S/C61H51BN2/c1-36-33-41-55-52(30-29-47-54(55)40-19-10-11-20-42(40)60(47,6)7)64(37-27-28-45-49(35-37)59(4,5)32-31-58(45,2)3)62-50-25-16-24-48-57(50)63(53(34-36)56(41)62)51-26-15-14-23-46(51)61(48)43-21-12-8-17-38(43)39-18-9-13-22-44(39)61/h8-30,33-35H,31-32H2,1-7H3. The van der Waals surface area contributed by atoms with Gasteiger partial charge in [-0.15, -0.1) is 0 Å². The first-order valence-corrected chi connectivity index (χ1v) is 23.5. The van der Waals surface area contributed by atoms with E-state index >= 15 is 0 Å². The van der Waals surface area contributed by atoms with Gasteiger partial charge in [-0.1, -0.05) is 169 Å². The van der Waals surface area contributed by atoms with E-state index in [1.807, 2.05) is 0 Å². The molecule has 8 aromatic carbocycles. The highest BCUT2D eigenvalue weighted by atomic mass is 15.2. The zero-order valence-corrected chi connectivity index (χ0v) is 37.9. The Bertz CT molecular complexity index is 3370. The molecule has 14 rings (SSSR count). The van der Waals surface area contributed by atoms with Crippen molar-refractivity contribution in [3.8, 4) is 33.4 Å². The van der Waals surface area contributed by atoms with Crippen LogP contribution in [0.4, 0.5) is 28.4 Å². The topological polar surface area (TPSA) is 6.48 Å². The summed E-state index contributed by atoms with van der Waals surface area (Å²) in [5.41, 5.74) is 29.5. The molecular weight excluding hydrogens is 771 g/mol. The third-order valence-electron chi connectivity index (χ3n) is 16.9. The minimum atomic E-state index is -0.481. The summed E-state index contributed by atoms with van der Waals surface area (Å²) in [7, 11) is 0. The second-order valence-electron chi connectivity index (χ2n) is 21.5. The first-order chi connectivity index (χ1) is 30.9. The van der Waals surface area contributed by atoms with Gasteiger partial charge in [-0.3, -0.25) is 0 Å². The Kier molecular flexibility index (Phi) is 6.88. The summed E-state index contributed by atoms with van der Waals surface area (Å²) in [6.07, 6.45) is 2.37. The number of hydrogen-bond donors (Lipinski definition) is 0. The first-order valence-electron chi connectivity index (χ1n) is 23.5. The van der Waals surface area contributed by atoms with Gasteiger partial charge in [-0.05, 0) is 150 Å². The Hall–Kier alpha value is -6.58. The molecule has 3 aliphatic heterocycles. The van der Waals surface area contributed by atoms with Crippen LogP contribution in [-0.2, 0) is 21.7 Å². The van der Waals surface area contributed by atoms with Crippen molar-refractivity contribution in [3.63, 3.8) is 0 Å². The lowest BCUT2D eigenvalue weighted by atomic mass is 9.42. The molecule has 3 aliphatic carbocycles. The van der Waals surface area contributed by atoms with Crippen molar-refractivity contribution in [2.75, 3.05) is 9.71 Å². The SMILES string of the molecule is Cc1cc2c3c(c1)N1c4ccccc4C4(c5ccccc5-c5ccccc54)c4cccc(c41)B3N(c1ccc3c(c1)C(C)(C)CCC3(C)C)c1ccc3c(c1-2)-c1ccccc1C3(C)C. The predicted octanol–water partition coefficient (Wildman–Crippen LogP) is 14.0. The summed E-state index contributed by atoms with van der Waals surface area (Å²) >= 11 is 0. The van der Waals surface area contributed by atoms with Gasteiger partial charge < -0.3 is 9.71 Å².